The van der Waals surface area contributed by atoms with Crippen LogP contribution in [-0.4, -0.2) is 101 Å². The van der Waals surface area contributed by atoms with Gasteiger partial charge in [-0.3, -0.25) is 14.6 Å². The molecule has 2 aliphatic rings. The van der Waals surface area contributed by atoms with Crippen molar-refractivity contribution >= 4 is 65.2 Å². The summed E-state index contributed by atoms with van der Waals surface area (Å²) in [6.45, 7) is 30.7. The second-order valence-electron chi connectivity index (χ2n) is 19.6. The van der Waals surface area contributed by atoms with Crippen LogP contribution in [0.25, 0.3) is 10.8 Å². The minimum absolute atomic E-state index is 0.0138. The van der Waals surface area contributed by atoms with Gasteiger partial charge in [0, 0.05) is 40.0 Å². The van der Waals surface area contributed by atoms with Gasteiger partial charge in [0.15, 0.2) is 12.5 Å². The molecule has 0 saturated carbocycles. The van der Waals surface area contributed by atoms with Gasteiger partial charge in [-0.15, -0.1) is 16.7 Å². The van der Waals surface area contributed by atoms with Crippen molar-refractivity contribution in [2.75, 3.05) is 51.4 Å². The van der Waals surface area contributed by atoms with Gasteiger partial charge >= 0.3 is 5.66 Å². The molecule has 0 aliphatic carbocycles. The number of nitrogens with two attached hydrogens (primary N) is 1. The fourth-order valence-corrected chi connectivity index (χ4v) is 10.8. The third kappa shape index (κ3) is 17.6. The van der Waals surface area contributed by atoms with E-state index < -0.39 is 24.3 Å². The van der Waals surface area contributed by atoms with Crippen LogP contribution in [0.3, 0.4) is 0 Å². The number of amides is 1. The standard InChI is InChI=1S/C28H38F2NO4PS2.C14H27NO.C8H13N3O/c1-19(26(2,3)4)37-15-13-34-36(8,35-14-16-38-25(33)27(5,6)7)28(29,30)23-12-11-20-9-10-21(24(31)32)17-22(20)18-23;1-12(7-5-10-16)13(2)11-14(3)8-6-9-15(14)4;1-3-5-10(4-2)8-6-11(7-8)9-12/h9-12,17-18H,1,8,13-16H2,2-7H3,(H2,31,32);10,12-13H,5-9,11H2,1-4H3;3-5,8H,2,6-7H2,1H3/b;;5-3-. The molecule has 2 fully saturated rings. The first-order chi connectivity index (χ1) is 30.7. The van der Waals surface area contributed by atoms with E-state index in [0.29, 0.717) is 53.0 Å². The number of carbonyl (C=O) groups excluding carboxylic acids is 3. The van der Waals surface area contributed by atoms with E-state index in [2.05, 4.69) is 57.5 Å². The third-order valence-electron chi connectivity index (χ3n) is 12.1. The molecule has 66 heavy (non-hydrogen) atoms. The summed E-state index contributed by atoms with van der Waals surface area (Å²) in [6.07, 6.45) is 16.2. The number of nitrogens with zero attached hydrogens (tertiary/aromatic N) is 4. The van der Waals surface area contributed by atoms with Crippen molar-refractivity contribution in [3.8, 4) is 0 Å². The normalized spacial score (nSPS) is 18.8. The van der Waals surface area contributed by atoms with Gasteiger partial charge in [-0.1, -0.05) is 105 Å². The van der Waals surface area contributed by atoms with Gasteiger partial charge in [0.05, 0.1) is 37.6 Å². The van der Waals surface area contributed by atoms with E-state index in [1.165, 1.54) is 60.8 Å². The van der Waals surface area contributed by atoms with Gasteiger partial charge in [0.25, 0.3) is 0 Å². The minimum Gasteiger partial charge on any atom is -0.366 e. The zero-order chi connectivity index (χ0) is 50.1. The number of likely N-dealkylation sites (tertiary alicyclic amines) is 1. The van der Waals surface area contributed by atoms with Crippen LogP contribution in [0.4, 0.5) is 8.78 Å². The molecule has 0 bridgehead atoms. The van der Waals surface area contributed by atoms with Crippen molar-refractivity contribution in [2.24, 2.45) is 33.7 Å². The van der Waals surface area contributed by atoms with Crippen molar-refractivity contribution < 1.29 is 32.2 Å². The molecule has 0 radical (unpaired) electrons. The number of allylic oxidation sites excluding steroid dienone is 2. The van der Waals surface area contributed by atoms with E-state index >= 15 is 8.78 Å². The quantitative estimate of drug-likeness (QED) is 0.0523. The highest BCUT2D eigenvalue weighted by Gasteiger charge is 2.48. The van der Waals surface area contributed by atoms with Crippen LogP contribution >= 0.6 is 30.9 Å². The fraction of sp³-hybridized carbons (Fsp3) is 0.600. The molecule has 2 saturated heterocycles. The number of aldehydes is 1. The number of rotatable bonds is 22. The Morgan fingerprint density at radius 1 is 1.02 bits per heavy atom. The molecule has 4 rings (SSSR count). The third-order valence-corrected chi connectivity index (χ3v) is 17.0. The number of hydrogen-bond acceptors (Lipinski definition) is 11. The van der Waals surface area contributed by atoms with Gasteiger partial charge in [-0.25, -0.2) is 0 Å². The number of carbonyl (C=O) groups is 3. The first-order valence-corrected chi connectivity index (χ1v) is 26.5. The molecule has 0 spiro atoms. The van der Waals surface area contributed by atoms with Crippen molar-refractivity contribution in [3.63, 3.8) is 0 Å². The number of primary amides is 1. The van der Waals surface area contributed by atoms with E-state index in [1.807, 2.05) is 44.9 Å². The Balaban J connectivity index is 0.000000432. The second-order valence-corrected chi connectivity index (χ2v) is 24.3. The smallest absolute Gasteiger partial charge is 0.334 e. The van der Waals surface area contributed by atoms with Gasteiger partial charge in [0.2, 0.25) is 5.91 Å². The Labute approximate surface area is 403 Å². The summed E-state index contributed by atoms with van der Waals surface area (Å²) in [5, 5.41) is 5.37. The van der Waals surface area contributed by atoms with Crippen molar-refractivity contribution in [1.82, 2.24) is 14.8 Å². The van der Waals surface area contributed by atoms with Crippen molar-refractivity contribution in [1.29, 1.82) is 0 Å². The molecular formula is C50H78F2N5O6PS2. The Morgan fingerprint density at radius 3 is 2.12 bits per heavy atom. The first-order valence-electron chi connectivity index (χ1n) is 22.7. The predicted molar refractivity (Wildman–Crippen MR) is 277 cm³/mol. The zero-order valence-electron chi connectivity index (χ0n) is 41.4. The lowest BCUT2D eigenvalue weighted by Gasteiger charge is -2.39. The van der Waals surface area contributed by atoms with Crippen LogP contribution in [0, 0.1) is 27.6 Å². The van der Waals surface area contributed by atoms with E-state index in [4.69, 9.17) is 14.8 Å². The molecule has 4 atom stereocenters. The molecule has 1 amide bonds. The predicted octanol–water partition coefficient (Wildman–Crippen LogP) is 12.3. The lowest BCUT2D eigenvalue weighted by molar-refractivity contribution is -0.117. The molecule has 16 heteroatoms. The van der Waals surface area contributed by atoms with Crippen molar-refractivity contribution in [2.45, 2.75) is 119 Å². The Hall–Kier alpha value is -3.33. The van der Waals surface area contributed by atoms with E-state index in [9.17, 15) is 19.3 Å². The van der Waals surface area contributed by atoms with E-state index in [1.54, 1.807) is 45.2 Å². The number of alkyl halides is 2. The molecule has 2 aliphatic heterocycles. The second kappa shape index (κ2) is 26.4. The topological polar surface area (TPSA) is 135 Å². The van der Waals surface area contributed by atoms with E-state index in [0.717, 1.165) is 35.8 Å². The number of halogens is 2. The van der Waals surface area contributed by atoms with Crippen LogP contribution in [0.2, 0.25) is 0 Å². The number of nitroso groups, excluding NO2 is 1. The molecule has 2 aromatic rings. The highest BCUT2D eigenvalue weighted by atomic mass is 32.2. The summed E-state index contributed by atoms with van der Waals surface area (Å²) in [7, 11) is -1.80. The Kier molecular flexibility index (Phi) is 23.5. The molecule has 2 aromatic carbocycles. The fourth-order valence-electron chi connectivity index (χ4n) is 7.20. The summed E-state index contributed by atoms with van der Waals surface area (Å²) in [5.41, 5.74) is 1.40. The average molecular weight is 978 g/mol. The van der Waals surface area contributed by atoms with Crippen LogP contribution in [-0.2, 0) is 24.3 Å². The van der Waals surface area contributed by atoms with E-state index in [-0.39, 0.29) is 40.6 Å². The van der Waals surface area contributed by atoms with Crippen LogP contribution in [0.1, 0.15) is 117 Å². The lowest BCUT2D eigenvalue weighted by Crippen LogP contribution is -2.53. The summed E-state index contributed by atoms with van der Waals surface area (Å²) in [5.74, 6) is 1.33. The highest BCUT2D eigenvalue weighted by Crippen LogP contribution is 2.66. The van der Waals surface area contributed by atoms with Gasteiger partial charge in [0.1, 0.15) is 6.29 Å². The summed E-state index contributed by atoms with van der Waals surface area (Å²) < 4.78 is 43.6. The molecule has 4 unspecified atom stereocenters. The van der Waals surface area contributed by atoms with Crippen LogP contribution in [0.15, 0.2) is 78.2 Å². The highest BCUT2D eigenvalue weighted by molar-refractivity contribution is 8.13. The van der Waals surface area contributed by atoms with Gasteiger partial charge in [-0.2, -0.15) is 8.78 Å². The number of hydrogen-bond donors (Lipinski definition) is 1. The average Bonchev–Trinajstić information content (AvgIpc) is 3.57. The summed E-state index contributed by atoms with van der Waals surface area (Å²) in [4.78, 5) is 49.6. The van der Waals surface area contributed by atoms with Gasteiger partial charge < -0.3 is 29.4 Å². The number of thioether (sulfide) groups is 2. The maximum atomic E-state index is 16.1. The molecule has 370 valence electrons. The van der Waals surface area contributed by atoms with Crippen LogP contribution < -0.4 is 5.73 Å². The Bertz CT molecular complexity index is 1980. The molecular weight excluding hydrogens is 900 g/mol. The molecule has 0 aromatic heterocycles. The number of fused-ring (bicyclic) bond motifs is 1. The summed E-state index contributed by atoms with van der Waals surface area (Å²) >= 11 is 2.49. The molecule has 2 heterocycles. The lowest BCUT2D eigenvalue weighted by atomic mass is 9.80. The zero-order valence-corrected chi connectivity index (χ0v) is 44.0. The van der Waals surface area contributed by atoms with Crippen LogP contribution in [0.5, 0.6) is 0 Å². The SMILES string of the molecule is C=C(SCCOP(=C)(OCCSC(=O)C(C)(C)C)C(F)(F)c1ccc2ccc(C(N)=O)cc2c1)C(C)(C)C.C=CN(/C=C\C)C1CN(N=O)C1.CC(CCC=O)C(C)CC1(C)CCCN1C. The monoisotopic (exact) mass is 978 g/mol. The largest absolute Gasteiger partial charge is 0.366 e. The van der Waals surface area contributed by atoms with Crippen molar-refractivity contribution in [3.05, 3.63) is 89.0 Å². The first kappa shape index (κ1) is 58.8. The maximum absolute atomic E-state index is 16.1. The molecule has 2 N–H and O–H groups in total. The Morgan fingerprint density at radius 2 is 1.62 bits per heavy atom. The maximum Gasteiger partial charge on any atom is 0.334 e. The molecule has 11 nitrogen and oxygen atoms in total. The van der Waals surface area contributed by atoms with Gasteiger partial charge in [-0.05, 0) is 123 Å². The summed E-state index contributed by atoms with van der Waals surface area (Å²) in [6, 6.07) is 9.21. The minimum atomic E-state index is -4.05. The number of benzene rings is 2.